The number of hydrogen-bond acceptors (Lipinski definition) is 3. The van der Waals surface area contributed by atoms with E-state index in [0.29, 0.717) is 0 Å². The molecule has 1 aliphatic rings. The molecule has 0 spiro atoms. The molecule has 3 heteroatoms. The van der Waals surface area contributed by atoms with Crippen LogP contribution in [0.4, 0.5) is 0 Å². The first-order valence-corrected chi connectivity index (χ1v) is 7.81. The average molecular weight is 264 g/mol. The molecule has 3 nitrogen and oxygen atoms in total. The van der Waals surface area contributed by atoms with Gasteiger partial charge in [0.25, 0.3) is 0 Å². The van der Waals surface area contributed by atoms with E-state index in [2.05, 4.69) is 30.1 Å². The van der Waals surface area contributed by atoms with Crippen molar-refractivity contribution in [2.75, 3.05) is 19.6 Å². The van der Waals surface area contributed by atoms with Crippen molar-refractivity contribution >= 4 is 0 Å². The van der Waals surface area contributed by atoms with E-state index in [1.807, 2.05) is 6.26 Å². The lowest BCUT2D eigenvalue weighted by atomic mass is 10.2. The first-order valence-electron chi connectivity index (χ1n) is 7.81. The number of hydrogen-bond donors (Lipinski definition) is 1. The Balaban J connectivity index is 1.86. The fourth-order valence-electron chi connectivity index (χ4n) is 2.48. The number of rotatable bonds is 10. The summed E-state index contributed by atoms with van der Waals surface area (Å²) in [6.07, 6.45) is 7.07. The normalized spacial score (nSPS) is 15.3. The standard InChI is InChI=1S/C16H28N2O/c1-3-8-17-11-15-7-10-19-16(15)13-18(9-4-2)12-14-5-6-14/h7,10,14,17H,3-6,8-9,11-13H2,1-2H3. The Bertz CT molecular complexity index is 357. The first kappa shape index (κ1) is 14.6. The average Bonchev–Trinajstić information content (AvgIpc) is 3.10. The molecule has 1 heterocycles. The zero-order chi connectivity index (χ0) is 13.5. The molecule has 0 saturated heterocycles. The Labute approximate surface area is 117 Å². The summed E-state index contributed by atoms with van der Waals surface area (Å²) in [4.78, 5) is 2.56. The molecule has 1 fully saturated rings. The molecule has 0 amide bonds. The van der Waals surface area contributed by atoms with Crippen LogP contribution in [0.3, 0.4) is 0 Å². The predicted molar refractivity (Wildman–Crippen MR) is 79.0 cm³/mol. The van der Waals surface area contributed by atoms with Crippen molar-refractivity contribution in [3.8, 4) is 0 Å². The third-order valence-electron chi connectivity index (χ3n) is 3.70. The molecule has 108 valence electrons. The van der Waals surface area contributed by atoms with Gasteiger partial charge in [0.15, 0.2) is 0 Å². The van der Waals surface area contributed by atoms with Crippen LogP contribution in [0.1, 0.15) is 50.9 Å². The minimum atomic E-state index is 0.934. The van der Waals surface area contributed by atoms with Gasteiger partial charge in [0.1, 0.15) is 5.76 Å². The summed E-state index contributed by atoms with van der Waals surface area (Å²) in [5.74, 6) is 2.10. The van der Waals surface area contributed by atoms with Gasteiger partial charge in [-0.3, -0.25) is 4.90 Å². The van der Waals surface area contributed by atoms with Crippen LogP contribution in [-0.2, 0) is 13.1 Å². The molecule has 0 bridgehead atoms. The molecule has 1 aromatic heterocycles. The summed E-state index contributed by atoms with van der Waals surface area (Å²) in [6, 6.07) is 2.11. The van der Waals surface area contributed by atoms with Gasteiger partial charge >= 0.3 is 0 Å². The minimum Gasteiger partial charge on any atom is -0.468 e. The third-order valence-corrected chi connectivity index (χ3v) is 3.70. The quantitative estimate of drug-likeness (QED) is 0.657. The minimum absolute atomic E-state index is 0.934. The van der Waals surface area contributed by atoms with E-state index in [0.717, 1.165) is 31.3 Å². The van der Waals surface area contributed by atoms with Gasteiger partial charge in [-0.05, 0) is 50.8 Å². The second-order valence-electron chi connectivity index (χ2n) is 5.72. The Morgan fingerprint density at radius 2 is 2.16 bits per heavy atom. The lowest BCUT2D eigenvalue weighted by Gasteiger charge is -2.21. The van der Waals surface area contributed by atoms with Gasteiger partial charge in [-0.2, -0.15) is 0 Å². The van der Waals surface area contributed by atoms with Crippen LogP contribution >= 0.6 is 0 Å². The highest BCUT2D eigenvalue weighted by atomic mass is 16.3. The Morgan fingerprint density at radius 1 is 1.32 bits per heavy atom. The van der Waals surface area contributed by atoms with Crippen molar-refractivity contribution in [1.82, 2.24) is 10.2 Å². The van der Waals surface area contributed by atoms with E-state index in [9.17, 15) is 0 Å². The Kier molecular flexibility index (Phi) is 5.93. The van der Waals surface area contributed by atoms with Crippen molar-refractivity contribution in [3.05, 3.63) is 23.7 Å². The van der Waals surface area contributed by atoms with Crippen LogP contribution in [0, 0.1) is 5.92 Å². The van der Waals surface area contributed by atoms with Crippen molar-refractivity contribution in [2.45, 2.75) is 52.6 Å². The topological polar surface area (TPSA) is 28.4 Å². The van der Waals surface area contributed by atoms with Gasteiger partial charge in [-0.15, -0.1) is 0 Å². The molecular weight excluding hydrogens is 236 g/mol. The van der Waals surface area contributed by atoms with Gasteiger partial charge in [0, 0.05) is 18.7 Å². The molecule has 1 aliphatic carbocycles. The summed E-state index contributed by atoms with van der Waals surface area (Å²) in [5.41, 5.74) is 1.32. The van der Waals surface area contributed by atoms with Gasteiger partial charge in [0.05, 0.1) is 12.8 Å². The summed E-state index contributed by atoms with van der Waals surface area (Å²) in [7, 11) is 0. The molecule has 0 atom stereocenters. The van der Waals surface area contributed by atoms with E-state index < -0.39 is 0 Å². The number of furan rings is 1. The van der Waals surface area contributed by atoms with Crippen molar-refractivity contribution in [3.63, 3.8) is 0 Å². The van der Waals surface area contributed by atoms with Crippen LogP contribution in [0.5, 0.6) is 0 Å². The lowest BCUT2D eigenvalue weighted by molar-refractivity contribution is 0.233. The van der Waals surface area contributed by atoms with E-state index in [1.54, 1.807) is 0 Å². The third kappa shape index (κ3) is 5.00. The van der Waals surface area contributed by atoms with Gasteiger partial charge < -0.3 is 9.73 Å². The van der Waals surface area contributed by atoms with Crippen molar-refractivity contribution in [1.29, 1.82) is 0 Å². The number of nitrogens with one attached hydrogen (secondary N) is 1. The van der Waals surface area contributed by atoms with Gasteiger partial charge in [-0.1, -0.05) is 13.8 Å². The molecule has 0 aromatic carbocycles. The molecule has 0 unspecified atom stereocenters. The maximum Gasteiger partial charge on any atom is 0.122 e. The highest BCUT2D eigenvalue weighted by Gasteiger charge is 2.24. The molecular formula is C16H28N2O. The van der Waals surface area contributed by atoms with E-state index >= 15 is 0 Å². The number of nitrogens with zero attached hydrogens (tertiary/aromatic N) is 1. The fraction of sp³-hybridized carbons (Fsp3) is 0.750. The van der Waals surface area contributed by atoms with Crippen LogP contribution in [0.2, 0.25) is 0 Å². The van der Waals surface area contributed by atoms with Gasteiger partial charge in [0.2, 0.25) is 0 Å². The summed E-state index contributed by atoms with van der Waals surface area (Å²) >= 11 is 0. The molecule has 0 aliphatic heterocycles. The monoisotopic (exact) mass is 264 g/mol. The highest BCUT2D eigenvalue weighted by Crippen LogP contribution is 2.30. The molecule has 19 heavy (non-hydrogen) atoms. The summed E-state index contributed by atoms with van der Waals surface area (Å²) in [5, 5.41) is 3.46. The summed E-state index contributed by atoms with van der Waals surface area (Å²) in [6.45, 7) is 9.86. The maximum absolute atomic E-state index is 5.69. The second kappa shape index (κ2) is 7.71. The molecule has 0 radical (unpaired) electrons. The largest absolute Gasteiger partial charge is 0.468 e. The van der Waals surface area contributed by atoms with E-state index in [4.69, 9.17) is 4.42 Å². The molecule has 1 aromatic rings. The second-order valence-corrected chi connectivity index (χ2v) is 5.72. The van der Waals surface area contributed by atoms with Crippen molar-refractivity contribution in [2.24, 2.45) is 5.92 Å². The van der Waals surface area contributed by atoms with Crippen LogP contribution in [0.15, 0.2) is 16.7 Å². The Morgan fingerprint density at radius 3 is 2.84 bits per heavy atom. The maximum atomic E-state index is 5.69. The first-order chi connectivity index (χ1) is 9.33. The lowest BCUT2D eigenvalue weighted by Crippen LogP contribution is -2.27. The molecule has 1 N–H and O–H groups in total. The SMILES string of the molecule is CCCNCc1ccoc1CN(CCC)CC1CC1. The smallest absolute Gasteiger partial charge is 0.122 e. The van der Waals surface area contributed by atoms with E-state index in [1.165, 1.54) is 44.3 Å². The van der Waals surface area contributed by atoms with Crippen LogP contribution in [0.25, 0.3) is 0 Å². The van der Waals surface area contributed by atoms with E-state index in [-0.39, 0.29) is 0 Å². The zero-order valence-corrected chi connectivity index (χ0v) is 12.5. The van der Waals surface area contributed by atoms with Crippen molar-refractivity contribution < 1.29 is 4.42 Å². The van der Waals surface area contributed by atoms with Crippen LogP contribution in [-0.4, -0.2) is 24.5 Å². The molecule has 1 saturated carbocycles. The summed E-state index contributed by atoms with van der Waals surface area (Å²) < 4.78 is 5.69. The highest BCUT2D eigenvalue weighted by molar-refractivity contribution is 5.16. The predicted octanol–water partition coefficient (Wildman–Crippen LogP) is 3.40. The Hall–Kier alpha value is -0.800. The zero-order valence-electron chi connectivity index (χ0n) is 12.5. The van der Waals surface area contributed by atoms with Crippen LogP contribution < -0.4 is 5.32 Å². The van der Waals surface area contributed by atoms with Gasteiger partial charge in [-0.25, -0.2) is 0 Å². The fourth-order valence-corrected chi connectivity index (χ4v) is 2.48. The molecule has 2 rings (SSSR count).